The van der Waals surface area contributed by atoms with Gasteiger partial charge >= 0.3 is 0 Å². The van der Waals surface area contributed by atoms with Gasteiger partial charge in [0.1, 0.15) is 0 Å². The first-order chi connectivity index (χ1) is 4.34. The van der Waals surface area contributed by atoms with Crippen molar-refractivity contribution in [3.8, 4) is 0 Å². The lowest BCUT2D eigenvalue weighted by atomic mass is 9.87. The van der Waals surface area contributed by atoms with Crippen molar-refractivity contribution >= 4 is 5.91 Å². The molecule has 0 aromatic heterocycles. The van der Waals surface area contributed by atoms with Crippen molar-refractivity contribution in [2.75, 3.05) is 0 Å². The first-order valence-electron chi connectivity index (χ1n) is 3.41. The number of hydrogen-bond donors (Lipinski definition) is 2. The van der Waals surface area contributed by atoms with Crippen LogP contribution < -0.4 is 11.5 Å². The normalized spacial score (nSPS) is 14.8. The maximum atomic E-state index is 10.4. The number of carbonyl (C=O) groups excluding carboxylic acids is 1. The predicted octanol–water partition coefficient (Wildman–Crippen LogP) is 0.235. The molecule has 60 valence electrons. The van der Waals surface area contributed by atoms with E-state index >= 15 is 0 Å². The maximum Gasteiger partial charge on any atom is 0.217 e. The van der Waals surface area contributed by atoms with Crippen LogP contribution in [0.2, 0.25) is 0 Å². The molecule has 1 unspecified atom stereocenters. The van der Waals surface area contributed by atoms with Crippen LogP contribution >= 0.6 is 0 Å². The van der Waals surface area contributed by atoms with Gasteiger partial charge in [0.25, 0.3) is 0 Å². The van der Waals surface area contributed by atoms with Crippen LogP contribution in [0.5, 0.6) is 0 Å². The Balaban J connectivity index is 3.85. The van der Waals surface area contributed by atoms with Crippen molar-refractivity contribution in [2.24, 2.45) is 17.4 Å². The van der Waals surface area contributed by atoms with E-state index in [9.17, 15) is 4.79 Å². The van der Waals surface area contributed by atoms with Gasteiger partial charge in [0.15, 0.2) is 0 Å². The number of carbonyl (C=O) groups is 1. The van der Waals surface area contributed by atoms with Crippen molar-refractivity contribution < 1.29 is 4.79 Å². The monoisotopic (exact) mass is 144 g/mol. The maximum absolute atomic E-state index is 10.4. The summed E-state index contributed by atoms with van der Waals surface area (Å²) < 4.78 is 0. The highest BCUT2D eigenvalue weighted by molar-refractivity contribution is 5.74. The third kappa shape index (κ3) is 3.45. The van der Waals surface area contributed by atoms with E-state index in [1.54, 1.807) is 0 Å². The van der Waals surface area contributed by atoms with Gasteiger partial charge in [-0.2, -0.15) is 0 Å². The third-order valence-electron chi connectivity index (χ3n) is 1.78. The molecule has 3 heteroatoms. The number of amides is 1. The van der Waals surface area contributed by atoms with E-state index in [0.717, 1.165) is 0 Å². The second-order valence-electron chi connectivity index (χ2n) is 3.39. The number of hydrogen-bond acceptors (Lipinski definition) is 2. The summed E-state index contributed by atoms with van der Waals surface area (Å²) in [6, 6.07) is 0. The van der Waals surface area contributed by atoms with Gasteiger partial charge in [0, 0.05) is 12.0 Å². The molecular weight excluding hydrogens is 128 g/mol. The van der Waals surface area contributed by atoms with Crippen LogP contribution in [0.25, 0.3) is 0 Å². The minimum atomic E-state index is -0.310. The summed E-state index contributed by atoms with van der Waals surface area (Å²) in [6.07, 6.45) is 0.365. The summed E-state index contributed by atoms with van der Waals surface area (Å²) in [5.74, 6) is -0.143. The Labute approximate surface area is 61.8 Å². The van der Waals surface area contributed by atoms with Gasteiger partial charge in [-0.3, -0.25) is 4.79 Å². The molecule has 0 aromatic rings. The highest BCUT2D eigenvalue weighted by atomic mass is 16.1. The number of nitrogens with two attached hydrogens (primary N) is 2. The van der Waals surface area contributed by atoms with Crippen molar-refractivity contribution in [1.82, 2.24) is 0 Å². The summed E-state index contributed by atoms with van der Waals surface area (Å²) in [6.45, 7) is 5.70. The molecule has 0 heterocycles. The zero-order valence-electron chi connectivity index (χ0n) is 6.85. The van der Waals surface area contributed by atoms with Crippen molar-refractivity contribution in [2.45, 2.75) is 32.7 Å². The zero-order chi connectivity index (χ0) is 8.36. The molecule has 0 spiro atoms. The van der Waals surface area contributed by atoms with Gasteiger partial charge in [-0.05, 0) is 19.8 Å². The van der Waals surface area contributed by atoms with Gasteiger partial charge in [-0.1, -0.05) is 6.92 Å². The zero-order valence-corrected chi connectivity index (χ0v) is 6.85. The van der Waals surface area contributed by atoms with E-state index in [2.05, 4.69) is 0 Å². The van der Waals surface area contributed by atoms with Crippen LogP contribution in [0.3, 0.4) is 0 Å². The van der Waals surface area contributed by atoms with Gasteiger partial charge < -0.3 is 11.5 Å². The van der Waals surface area contributed by atoms with E-state index in [-0.39, 0.29) is 17.4 Å². The fraction of sp³-hybridized carbons (Fsp3) is 0.857. The predicted molar refractivity (Wildman–Crippen MR) is 41.2 cm³/mol. The molecule has 0 aliphatic carbocycles. The molecular formula is C7H16N2O. The Morgan fingerprint density at radius 3 is 2.10 bits per heavy atom. The van der Waals surface area contributed by atoms with Crippen LogP contribution in [0, 0.1) is 5.92 Å². The lowest BCUT2D eigenvalue weighted by Crippen LogP contribution is -2.41. The van der Waals surface area contributed by atoms with Crippen LogP contribution in [0.4, 0.5) is 0 Å². The summed E-state index contributed by atoms with van der Waals surface area (Å²) in [7, 11) is 0. The summed E-state index contributed by atoms with van der Waals surface area (Å²) in [5, 5.41) is 0. The van der Waals surface area contributed by atoms with E-state index in [1.165, 1.54) is 0 Å². The van der Waals surface area contributed by atoms with Crippen molar-refractivity contribution in [1.29, 1.82) is 0 Å². The molecule has 0 aromatic carbocycles. The topological polar surface area (TPSA) is 69.1 Å². The Kier molecular flexibility index (Phi) is 2.84. The van der Waals surface area contributed by atoms with Crippen LogP contribution in [0.1, 0.15) is 27.2 Å². The van der Waals surface area contributed by atoms with E-state index in [4.69, 9.17) is 11.5 Å². The molecule has 0 saturated carbocycles. The Bertz CT molecular complexity index is 126. The summed E-state index contributed by atoms with van der Waals surface area (Å²) >= 11 is 0. The van der Waals surface area contributed by atoms with E-state index in [0.29, 0.717) is 6.42 Å². The van der Waals surface area contributed by atoms with Crippen molar-refractivity contribution in [3.63, 3.8) is 0 Å². The molecule has 0 aliphatic heterocycles. The molecule has 0 fully saturated rings. The quantitative estimate of drug-likeness (QED) is 0.595. The average Bonchev–Trinajstić information content (AvgIpc) is 1.60. The first kappa shape index (κ1) is 9.43. The second-order valence-corrected chi connectivity index (χ2v) is 3.39. The molecule has 1 amide bonds. The van der Waals surface area contributed by atoms with Crippen LogP contribution in [-0.2, 0) is 4.79 Å². The average molecular weight is 144 g/mol. The second kappa shape index (κ2) is 3.01. The molecule has 0 rings (SSSR count). The Morgan fingerprint density at radius 2 is 2.00 bits per heavy atom. The Hall–Kier alpha value is -0.570. The lowest BCUT2D eigenvalue weighted by molar-refractivity contribution is -0.119. The third-order valence-corrected chi connectivity index (χ3v) is 1.78. The summed E-state index contributed by atoms with van der Waals surface area (Å²) in [4.78, 5) is 10.4. The molecule has 3 nitrogen and oxygen atoms in total. The van der Waals surface area contributed by atoms with Crippen molar-refractivity contribution in [3.05, 3.63) is 0 Å². The Morgan fingerprint density at radius 1 is 1.60 bits per heavy atom. The van der Waals surface area contributed by atoms with Gasteiger partial charge in [-0.15, -0.1) is 0 Å². The molecule has 0 radical (unpaired) electrons. The minimum Gasteiger partial charge on any atom is -0.370 e. The van der Waals surface area contributed by atoms with Gasteiger partial charge in [0.2, 0.25) is 5.91 Å². The molecule has 4 N–H and O–H groups in total. The smallest absolute Gasteiger partial charge is 0.217 e. The number of rotatable bonds is 3. The molecule has 1 atom stereocenters. The van der Waals surface area contributed by atoms with Gasteiger partial charge in [0.05, 0.1) is 0 Å². The first-order valence-corrected chi connectivity index (χ1v) is 3.41. The van der Waals surface area contributed by atoms with Crippen LogP contribution in [-0.4, -0.2) is 11.4 Å². The number of primary amides is 1. The summed E-state index contributed by atoms with van der Waals surface area (Å²) in [5.41, 5.74) is 10.4. The fourth-order valence-corrected chi connectivity index (χ4v) is 0.565. The van der Waals surface area contributed by atoms with E-state index in [1.807, 2.05) is 20.8 Å². The van der Waals surface area contributed by atoms with Gasteiger partial charge in [-0.25, -0.2) is 0 Å². The lowest BCUT2D eigenvalue weighted by Gasteiger charge is -2.25. The fourth-order valence-electron chi connectivity index (χ4n) is 0.565. The SMILES string of the molecule is CC(CC(N)=O)C(C)(C)N. The van der Waals surface area contributed by atoms with E-state index < -0.39 is 0 Å². The standard InChI is InChI=1S/C7H16N2O/c1-5(4-6(8)10)7(2,3)9/h5H,4,9H2,1-3H3,(H2,8,10). The molecule has 0 aliphatic rings. The van der Waals surface area contributed by atoms with Crippen LogP contribution in [0.15, 0.2) is 0 Å². The molecule has 0 saturated heterocycles. The molecule has 10 heavy (non-hydrogen) atoms. The largest absolute Gasteiger partial charge is 0.370 e. The highest BCUT2D eigenvalue weighted by Crippen LogP contribution is 2.15. The molecule has 0 bridgehead atoms. The highest BCUT2D eigenvalue weighted by Gasteiger charge is 2.21. The minimum absolute atomic E-state index is 0.144.